The zero-order valence-corrected chi connectivity index (χ0v) is 15.4. The first-order valence-electron chi connectivity index (χ1n) is 9.20. The number of hydrogen-bond donors (Lipinski definition) is 1. The summed E-state index contributed by atoms with van der Waals surface area (Å²) in [5, 5.41) is 9.55. The van der Waals surface area contributed by atoms with Crippen LogP contribution in [0.3, 0.4) is 0 Å². The third-order valence-electron chi connectivity index (χ3n) is 5.40. The van der Waals surface area contributed by atoms with Crippen molar-refractivity contribution in [3.8, 4) is 0 Å². The van der Waals surface area contributed by atoms with Crippen molar-refractivity contribution in [2.45, 2.75) is 24.6 Å². The lowest BCUT2D eigenvalue weighted by Crippen LogP contribution is -2.58. The topological polar surface area (TPSA) is 100 Å². The first kappa shape index (κ1) is 19.1. The summed E-state index contributed by atoms with van der Waals surface area (Å²) in [7, 11) is 0. The van der Waals surface area contributed by atoms with Gasteiger partial charge in [0.05, 0.1) is 12.9 Å². The maximum atomic E-state index is 13.4. The van der Waals surface area contributed by atoms with E-state index >= 15 is 0 Å². The Bertz CT molecular complexity index is 936. The average Bonchev–Trinajstić information content (AvgIpc) is 3.36. The number of amides is 2. The van der Waals surface area contributed by atoms with Crippen LogP contribution in [0.2, 0.25) is 0 Å². The molecule has 2 saturated heterocycles. The maximum absolute atomic E-state index is 13.4. The van der Waals surface area contributed by atoms with E-state index in [-0.39, 0.29) is 49.8 Å². The Hall–Kier alpha value is -3.20. The summed E-state index contributed by atoms with van der Waals surface area (Å²) in [5.74, 6) is -2.52. The van der Waals surface area contributed by atoms with Crippen molar-refractivity contribution in [1.29, 1.82) is 0 Å². The molecule has 0 aliphatic carbocycles. The summed E-state index contributed by atoms with van der Waals surface area (Å²) in [6.45, 7) is 0.340. The quantitative estimate of drug-likeness (QED) is 0.843. The first-order valence-corrected chi connectivity index (χ1v) is 9.20. The van der Waals surface area contributed by atoms with Crippen molar-refractivity contribution in [3.63, 3.8) is 0 Å². The van der Waals surface area contributed by atoms with Gasteiger partial charge in [0.25, 0.3) is 11.8 Å². The van der Waals surface area contributed by atoms with Crippen LogP contribution in [0.5, 0.6) is 0 Å². The van der Waals surface area contributed by atoms with Gasteiger partial charge in [-0.05, 0) is 30.3 Å². The molecule has 2 fully saturated rings. The minimum absolute atomic E-state index is 0.0272. The molecule has 2 aliphatic rings. The zero-order chi connectivity index (χ0) is 20.6. The third kappa shape index (κ3) is 3.38. The van der Waals surface area contributed by atoms with Gasteiger partial charge in [0.15, 0.2) is 11.8 Å². The number of carboxylic acids is 1. The van der Waals surface area contributed by atoms with E-state index in [0.29, 0.717) is 0 Å². The van der Waals surface area contributed by atoms with Crippen LogP contribution in [-0.4, -0.2) is 64.2 Å². The van der Waals surface area contributed by atoms with Gasteiger partial charge in [-0.15, -0.1) is 0 Å². The van der Waals surface area contributed by atoms with Gasteiger partial charge in [0, 0.05) is 31.5 Å². The smallest absolute Gasteiger partial charge is 0.328 e. The highest BCUT2D eigenvalue weighted by atomic mass is 19.1. The number of halogens is 1. The van der Waals surface area contributed by atoms with Crippen LogP contribution in [-0.2, 0) is 9.53 Å². The van der Waals surface area contributed by atoms with E-state index in [2.05, 4.69) is 0 Å². The van der Waals surface area contributed by atoms with Gasteiger partial charge in [0.2, 0.25) is 0 Å². The van der Waals surface area contributed by atoms with Gasteiger partial charge in [-0.3, -0.25) is 14.5 Å². The second kappa shape index (κ2) is 7.32. The minimum atomic E-state index is -1.17. The van der Waals surface area contributed by atoms with Crippen LogP contribution in [0.1, 0.15) is 33.8 Å². The summed E-state index contributed by atoms with van der Waals surface area (Å²) >= 11 is 0. The lowest BCUT2D eigenvalue weighted by Gasteiger charge is -2.43. The Morgan fingerprint density at radius 2 is 1.86 bits per heavy atom. The van der Waals surface area contributed by atoms with Crippen LogP contribution in [0.25, 0.3) is 0 Å². The Kier molecular flexibility index (Phi) is 4.83. The van der Waals surface area contributed by atoms with Crippen molar-refractivity contribution in [1.82, 2.24) is 9.80 Å². The monoisotopic (exact) mass is 402 g/mol. The Balaban J connectivity index is 1.54. The summed E-state index contributed by atoms with van der Waals surface area (Å²) < 4.78 is 24.4. The van der Waals surface area contributed by atoms with Crippen LogP contribution >= 0.6 is 0 Å². The molecule has 152 valence electrons. The molecule has 1 spiro atoms. The van der Waals surface area contributed by atoms with E-state index < -0.39 is 29.5 Å². The standard InChI is InChI=1S/C20H19FN2O6/c21-14-4-1-3-13(11-14)17(24)22-8-6-20(7-9-22)23(15(12-29-20)19(26)27)18(25)16-5-2-10-28-16/h1-5,10-11,15H,6-9,12H2,(H,26,27)/t15-/m0/s1. The fourth-order valence-corrected chi connectivity index (χ4v) is 3.94. The lowest BCUT2D eigenvalue weighted by atomic mass is 9.96. The summed E-state index contributed by atoms with van der Waals surface area (Å²) in [4.78, 5) is 40.1. The number of nitrogens with zero attached hydrogens (tertiary/aromatic N) is 2. The molecule has 2 aliphatic heterocycles. The molecule has 29 heavy (non-hydrogen) atoms. The second-order valence-electron chi connectivity index (χ2n) is 7.07. The van der Waals surface area contributed by atoms with E-state index in [4.69, 9.17) is 9.15 Å². The fourth-order valence-electron chi connectivity index (χ4n) is 3.94. The molecule has 1 aromatic heterocycles. The van der Waals surface area contributed by atoms with Gasteiger partial charge in [-0.1, -0.05) is 6.07 Å². The van der Waals surface area contributed by atoms with Gasteiger partial charge in [0.1, 0.15) is 11.5 Å². The zero-order valence-electron chi connectivity index (χ0n) is 15.4. The van der Waals surface area contributed by atoms with Gasteiger partial charge in [-0.2, -0.15) is 0 Å². The Morgan fingerprint density at radius 1 is 1.10 bits per heavy atom. The lowest BCUT2D eigenvalue weighted by molar-refractivity contribution is -0.143. The number of rotatable bonds is 3. The molecule has 1 aromatic carbocycles. The molecule has 8 nitrogen and oxygen atoms in total. The maximum Gasteiger partial charge on any atom is 0.328 e. The molecule has 0 bridgehead atoms. The molecule has 1 atom stereocenters. The number of aliphatic carboxylic acids is 1. The van der Waals surface area contributed by atoms with Crippen molar-refractivity contribution >= 4 is 17.8 Å². The van der Waals surface area contributed by atoms with E-state index in [1.807, 2.05) is 0 Å². The molecule has 0 unspecified atom stereocenters. The number of piperidine rings is 1. The molecule has 0 radical (unpaired) electrons. The SMILES string of the molecule is O=C(O)[C@@H]1COC2(CCN(C(=O)c3cccc(F)c3)CC2)N1C(=O)c1ccco1. The summed E-state index contributed by atoms with van der Waals surface area (Å²) in [6, 6.07) is 7.32. The van der Waals surface area contributed by atoms with Crippen molar-refractivity contribution in [2.75, 3.05) is 19.7 Å². The summed E-state index contributed by atoms with van der Waals surface area (Å²) in [6.07, 6.45) is 1.82. The van der Waals surface area contributed by atoms with Crippen molar-refractivity contribution in [3.05, 3.63) is 59.8 Å². The van der Waals surface area contributed by atoms with Crippen LogP contribution in [0.15, 0.2) is 47.1 Å². The fraction of sp³-hybridized carbons (Fsp3) is 0.350. The van der Waals surface area contributed by atoms with Crippen LogP contribution in [0.4, 0.5) is 4.39 Å². The molecule has 2 aromatic rings. The van der Waals surface area contributed by atoms with Crippen LogP contribution in [0, 0.1) is 5.82 Å². The number of ether oxygens (including phenoxy) is 1. The van der Waals surface area contributed by atoms with E-state index in [1.54, 1.807) is 11.0 Å². The predicted octanol–water partition coefficient (Wildman–Crippen LogP) is 1.98. The average molecular weight is 402 g/mol. The number of benzene rings is 1. The molecular weight excluding hydrogens is 383 g/mol. The third-order valence-corrected chi connectivity index (χ3v) is 5.40. The van der Waals surface area contributed by atoms with E-state index in [9.17, 15) is 23.9 Å². The van der Waals surface area contributed by atoms with Crippen LogP contribution < -0.4 is 0 Å². The molecule has 3 heterocycles. The minimum Gasteiger partial charge on any atom is -0.480 e. The second-order valence-corrected chi connectivity index (χ2v) is 7.07. The number of carbonyl (C=O) groups is 3. The Morgan fingerprint density at radius 3 is 2.48 bits per heavy atom. The van der Waals surface area contributed by atoms with Gasteiger partial charge in [-0.25, -0.2) is 9.18 Å². The highest BCUT2D eigenvalue weighted by molar-refractivity contribution is 5.96. The Labute approximate surface area is 165 Å². The van der Waals surface area contributed by atoms with E-state index in [1.165, 1.54) is 41.5 Å². The largest absolute Gasteiger partial charge is 0.480 e. The number of carbonyl (C=O) groups excluding carboxylic acids is 2. The normalized spacial score (nSPS) is 20.8. The van der Waals surface area contributed by atoms with Gasteiger partial charge >= 0.3 is 5.97 Å². The van der Waals surface area contributed by atoms with E-state index in [0.717, 1.165) is 0 Å². The number of furan rings is 1. The predicted molar refractivity (Wildman–Crippen MR) is 96.5 cm³/mol. The number of likely N-dealkylation sites (tertiary alicyclic amines) is 1. The first-order chi connectivity index (χ1) is 13.9. The van der Waals surface area contributed by atoms with Gasteiger partial charge < -0.3 is 19.2 Å². The van der Waals surface area contributed by atoms with Crippen molar-refractivity contribution < 1.29 is 33.0 Å². The molecule has 9 heteroatoms. The van der Waals surface area contributed by atoms with Crippen molar-refractivity contribution in [2.24, 2.45) is 0 Å². The molecule has 2 amide bonds. The summed E-state index contributed by atoms with van der Waals surface area (Å²) in [5.41, 5.74) is -0.897. The molecule has 4 rings (SSSR count). The highest BCUT2D eigenvalue weighted by Crippen LogP contribution is 2.38. The molecule has 1 N–H and O–H groups in total. The molecule has 0 saturated carbocycles. The number of hydrogen-bond acceptors (Lipinski definition) is 5. The molecular formula is C20H19FN2O6. The number of carboxylic acid groups (broad SMARTS) is 1. The highest BCUT2D eigenvalue weighted by Gasteiger charge is 2.54.